The molecule has 3 aliphatic heterocycles. The number of nitrogens with zero attached hydrogens (tertiary/aromatic N) is 2. The number of carbonyl (C=O) groups is 4. The number of aliphatic hydroxyl groups is 1. The molecule has 0 unspecified atom stereocenters. The van der Waals surface area contributed by atoms with E-state index in [2.05, 4.69) is 10.1 Å². The summed E-state index contributed by atoms with van der Waals surface area (Å²) in [6, 6.07) is 13.5. The average molecular weight is 704 g/mol. The number of hydrogen-bond donors (Lipinski definition) is 2. The molecule has 50 heavy (non-hydrogen) atoms. The average Bonchev–Trinajstić information content (AvgIpc) is 3.72. The number of alkyl halides is 3. The number of aliphatic hydroxyl groups excluding tert-OH is 1. The summed E-state index contributed by atoms with van der Waals surface area (Å²) in [5.74, 6) is -2.91. The van der Waals surface area contributed by atoms with Crippen LogP contribution in [0.2, 0.25) is 0 Å². The molecule has 3 saturated heterocycles. The first kappa shape index (κ1) is 35.5. The molecule has 1 saturated carbocycles. The lowest BCUT2D eigenvalue weighted by atomic mass is 9.62. The fourth-order valence-corrected chi connectivity index (χ4v) is 7.16. The maximum absolute atomic E-state index is 14.9. The molecule has 4 fully saturated rings. The van der Waals surface area contributed by atoms with E-state index in [-0.39, 0.29) is 39.3 Å². The molecule has 2 bridgehead atoms. The van der Waals surface area contributed by atoms with Gasteiger partial charge in [0.25, 0.3) is 0 Å². The minimum Gasteiger partial charge on any atom is -0.458 e. The smallest absolute Gasteiger partial charge is 0.422 e. The first-order chi connectivity index (χ1) is 23.9. The molecule has 16 heteroatoms. The Morgan fingerprint density at radius 1 is 1.12 bits per heavy atom. The van der Waals surface area contributed by atoms with Gasteiger partial charge in [-0.05, 0) is 22.8 Å². The first-order valence-corrected chi connectivity index (χ1v) is 16.0. The van der Waals surface area contributed by atoms with Gasteiger partial charge in [0.2, 0.25) is 11.8 Å². The molecule has 3 heterocycles. The molecule has 2 aromatic carbocycles. The van der Waals surface area contributed by atoms with Crippen LogP contribution in [0.5, 0.6) is 0 Å². The summed E-state index contributed by atoms with van der Waals surface area (Å²) in [6.45, 7) is -2.18. The van der Waals surface area contributed by atoms with Crippen molar-refractivity contribution in [2.24, 2.45) is 5.41 Å². The number of nitrogens with one attached hydrogen (secondary N) is 1. The van der Waals surface area contributed by atoms with Gasteiger partial charge in [-0.2, -0.15) is 18.2 Å². The highest BCUT2D eigenvalue weighted by molar-refractivity contribution is 5.96. The number of hydrogen-bond acceptors (Lipinski definition) is 11. The quantitative estimate of drug-likeness (QED) is 0.245. The van der Waals surface area contributed by atoms with Crippen molar-refractivity contribution in [3.8, 4) is 0 Å². The molecular weight excluding hydrogens is 667 g/mol. The van der Waals surface area contributed by atoms with E-state index in [1.54, 1.807) is 24.3 Å². The summed E-state index contributed by atoms with van der Waals surface area (Å²) < 4.78 is 59.0. The molecule has 4 aliphatic rings. The second kappa shape index (κ2) is 14.5. The van der Waals surface area contributed by atoms with Crippen molar-refractivity contribution in [2.75, 3.05) is 33.6 Å². The van der Waals surface area contributed by atoms with Crippen LogP contribution >= 0.6 is 0 Å². The van der Waals surface area contributed by atoms with Gasteiger partial charge in [-0.3, -0.25) is 19.2 Å². The van der Waals surface area contributed by atoms with E-state index in [1.165, 1.54) is 23.1 Å². The number of rotatable bonds is 12. The van der Waals surface area contributed by atoms with Gasteiger partial charge < -0.3 is 34.3 Å². The normalized spacial score (nSPS) is 27.8. The molecule has 0 aromatic heterocycles. The fourth-order valence-electron chi connectivity index (χ4n) is 7.16. The van der Waals surface area contributed by atoms with Crippen LogP contribution in [0.15, 0.2) is 60.7 Å². The number of ether oxygens (including phenoxy) is 4. The number of fused-ring (bicyclic) bond motifs is 4. The second-order valence-electron chi connectivity index (χ2n) is 12.5. The van der Waals surface area contributed by atoms with Crippen molar-refractivity contribution in [1.82, 2.24) is 15.3 Å². The minimum absolute atomic E-state index is 0.0221. The van der Waals surface area contributed by atoms with Gasteiger partial charge in [-0.15, -0.1) is 0 Å². The Hall–Kier alpha value is -4.35. The third-order valence-corrected chi connectivity index (χ3v) is 9.32. The van der Waals surface area contributed by atoms with Crippen LogP contribution in [0, 0.1) is 5.41 Å². The Bertz CT molecular complexity index is 1620. The highest BCUT2D eigenvalue weighted by Crippen LogP contribution is 2.56. The predicted octanol–water partition coefficient (Wildman–Crippen LogP) is 1.52. The molecular formula is C34H36F3N3O10. The van der Waals surface area contributed by atoms with Crippen molar-refractivity contribution >= 4 is 29.8 Å². The van der Waals surface area contributed by atoms with Gasteiger partial charge in [0.05, 0.1) is 13.2 Å². The Labute approximate surface area is 284 Å². The largest absolute Gasteiger partial charge is 0.458 e. The summed E-state index contributed by atoms with van der Waals surface area (Å²) in [7, 11) is 1.50. The van der Waals surface area contributed by atoms with Crippen molar-refractivity contribution in [3.05, 3.63) is 77.4 Å². The lowest BCUT2D eigenvalue weighted by molar-refractivity contribution is -0.204. The molecule has 0 spiro atoms. The summed E-state index contributed by atoms with van der Waals surface area (Å²) in [5.41, 5.74) is 0.264. The number of likely N-dealkylation sites (N-methyl/N-ethyl adjacent to an activating group) is 1. The van der Waals surface area contributed by atoms with Crippen molar-refractivity contribution in [3.63, 3.8) is 0 Å². The van der Waals surface area contributed by atoms with E-state index < -0.39 is 78.5 Å². The van der Waals surface area contributed by atoms with Crippen LogP contribution in [0.1, 0.15) is 23.1 Å². The lowest BCUT2D eigenvalue weighted by Crippen LogP contribution is -2.70. The first-order valence-electron chi connectivity index (χ1n) is 16.0. The highest BCUT2D eigenvalue weighted by Gasteiger charge is 2.75. The maximum atomic E-state index is 14.9. The van der Waals surface area contributed by atoms with Crippen molar-refractivity contribution < 1.29 is 61.2 Å². The Morgan fingerprint density at radius 2 is 1.86 bits per heavy atom. The third kappa shape index (κ3) is 7.11. The molecule has 1 aliphatic carbocycles. The van der Waals surface area contributed by atoms with Gasteiger partial charge in [-0.1, -0.05) is 54.6 Å². The van der Waals surface area contributed by atoms with Crippen LogP contribution < -0.4 is 5.32 Å². The molecule has 6 rings (SSSR count). The van der Waals surface area contributed by atoms with E-state index in [9.17, 15) is 37.5 Å². The monoisotopic (exact) mass is 703 g/mol. The molecule has 2 amide bonds. The van der Waals surface area contributed by atoms with Gasteiger partial charge in [0, 0.05) is 32.5 Å². The number of hydroxylamine groups is 2. The second-order valence-corrected chi connectivity index (χ2v) is 12.5. The zero-order valence-corrected chi connectivity index (χ0v) is 26.9. The lowest BCUT2D eigenvalue weighted by Gasteiger charge is -2.50. The zero-order chi connectivity index (χ0) is 35.6. The Kier molecular flexibility index (Phi) is 10.3. The van der Waals surface area contributed by atoms with Gasteiger partial charge in [0.15, 0.2) is 12.6 Å². The Balaban J connectivity index is 1.29. The molecule has 268 valence electrons. The summed E-state index contributed by atoms with van der Waals surface area (Å²) >= 11 is 0. The van der Waals surface area contributed by atoms with Crippen LogP contribution in [0.25, 0.3) is 6.08 Å². The number of amides is 2. The van der Waals surface area contributed by atoms with E-state index in [0.717, 1.165) is 11.6 Å². The van der Waals surface area contributed by atoms with Gasteiger partial charge >= 0.3 is 18.1 Å². The van der Waals surface area contributed by atoms with E-state index in [4.69, 9.17) is 19.0 Å². The molecule has 0 radical (unpaired) electrons. The van der Waals surface area contributed by atoms with E-state index in [0.29, 0.717) is 11.1 Å². The predicted molar refractivity (Wildman–Crippen MR) is 165 cm³/mol. The van der Waals surface area contributed by atoms with Crippen molar-refractivity contribution in [2.45, 2.75) is 62.1 Å². The molecule has 2 aromatic rings. The van der Waals surface area contributed by atoms with E-state index >= 15 is 0 Å². The number of halogens is 3. The van der Waals surface area contributed by atoms with Crippen molar-refractivity contribution in [1.29, 1.82) is 0 Å². The topological polar surface area (TPSA) is 153 Å². The standard InChI is InChI=1S/C34H36F3N3O10/c1-39(23(30(43)38-12-13-41)15-20-6-3-2-4-7-20)32(45)33-16-24-26-27(48-19-47-26)29(33)50-40(28(33)31(44)49-24)17-22-9-5-8-21(14-22)10-11-25(42)46-18-34(35,36)37/h2-11,14,23-24,26-29,41H,12-13,15-19H2,1H3,(H,38,43)/t23-,24-,26+,27+,28+,29-,33+/m1/s1. The fraction of sp³-hybridized carbons (Fsp3) is 0.471. The zero-order valence-electron chi connectivity index (χ0n) is 26.9. The van der Waals surface area contributed by atoms with Gasteiger partial charge in [0.1, 0.15) is 42.7 Å². The maximum Gasteiger partial charge on any atom is 0.422 e. The summed E-state index contributed by atoms with van der Waals surface area (Å²) in [5, 5.41) is 13.4. The highest BCUT2D eigenvalue weighted by atomic mass is 19.4. The summed E-state index contributed by atoms with van der Waals surface area (Å²) in [4.78, 5) is 61.8. The van der Waals surface area contributed by atoms with Crippen LogP contribution in [0.3, 0.4) is 0 Å². The number of benzene rings is 2. The van der Waals surface area contributed by atoms with Gasteiger partial charge in [-0.25, -0.2) is 4.79 Å². The number of carbonyl (C=O) groups excluding carboxylic acids is 4. The minimum atomic E-state index is -4.66. The van der Waals surface area contributed by atoms with Crippen LogP contribution in [-0.2, 0) is 55.9 Å². The molecule has 13 nitrogen and oxygen atoms in total. The van der Waals surface area contributed by atoms with Crippen LogP contribution in [0.4, 0.5) is 13.2 Å². The molecule has 7 atom stereocenters. The summed E-state index contributed by atoms with van der Waals surface area (Å²) in [6.07, 6.45) is -5.59. The molecule has 2 N–H and O–H groups in total. The third-order valence-electron chi connectivity index (χ3n) is 9.32. The van der Waals surface area contributed by atoms with Crippen LogP contribution in [-0.4, -0.2) is 115 Å². The SMILES string of the molecule is CN(C(=O)[C@@]12C[C@H]3OC(=O)[C@@H]1N(Cc1cccc(C=CC(=O)OCC(F)(F)F)c1)O[C@@H]2[C@H]1OCO[C@H]13)[C@H](Cc1ccccc1)C(=O)NCCO. The van der Waals surface area contributed by atoms with E-state index in [1.807, 2.05) is 30.3 Å². The Morgan fingerprint density at radius 3 is 2.60 bits per heavy atom. The number of esters is 2.